The van der Waals surface area contributed by atoms with E-state index in [0.29, 0.717) is 11.4 Å². The van der Waals surface area contributed by atoms with Gasteiger partial charge in [0, 0.05) is 16.3 Å². The van der Waals surface area contributed by atoms with Gasteiger partial charge in [-0.3, -0.25) is 4.55 Å². The highest BCUT2D eigenvalue weighted by atomic mass is 32.3. The first-order valence-electron chi connectivity index (χ1n) is 7.42. The standard InChI is InChI=1S/C16H19N3O4S2/c1-12-11-13(17)5-8-16(12)19-18-14-3-2-4-15(7-6-14)24-10-9-23-25(20,21)22/h2-8,11,14H,9-10,17H2,1H3,(H,20,21,22). The number of hydrogen-bond acceptors (Lipinski definition) is 7. The number of nitrogens with two attached hydrogens (primary N) is 1. The molecule has 25 heavy (non-hydrogen) atoms. The lowest BCUT2D eigenvalue weighted by Gasteiger charge is -2.02. The fourth-order valence-electron chi connectivity index (χ4n) is 1.97. The SMILES string of the molecule is Cc1cc(N)ccc1N=NC1C=CC=C(SCCOS(=O)(=O)O)C=C1. The molecule has 1 atom stereocenters. The topological polar surface area (TPSA) is 114 Å². The third-order valence-corrected chi connectivity index (χ3v) is 4.57. The molecule has 1 unspecified atom stereocenters. The van der Waals surface area contributed by atoms with Crippen LogP contribution in [-0.4, -0.2) is 31.4 Å². The van der Waals surface area contributed by atoms with Gasteiger partial charge in [0.15, 0.2) is 0 Å². The summed E-state index contributed by atoms with van der Waals surface area (Å²) in [5.41, 5.74) is 8.13. The van der Waals surface area contributed by atoms with Crippen LogP contribution in [-0.2, 0) is 14.6 Å². The molecule has 0 fully saturated rings. The fraction of sp³-hybridized carbons (Fsp3) is 0.250. The van der Waals surface area contributed by atoms with E-state index in [4.69, 9.17) is 10.3 Å². The van der Waals surface area contributed by atoms with Crippen molar-refractivity contribution >= 4 is 33.5 Å². The Morgan fingerprint density at radius 3 is 2.88 bits per heavy atom. The number of nitrogens with zero attached hydrogens (tertiary/aromatic N) is 2. The first-order valence-corrected chi connectivity index (χ1v) is 9.77. The van der Waals surface area contributed by atoms with Crippen LogP contribution in [0, 0.1) is 6.92 Å². The molecule has 0 spiro atoms. The van der Waals surface area contributed by atoms with Gasteiger partial charge in [-0.05, 0) is 36.8 Å². The van der Waals surface area contributed by atoms with Gasteiger partial charge in [0.2, 0.25) is 0 Å². The first kappa shape index (κ1) is 19.4. The van der Waals surface area contributed by atoms with Gasteiger partial charge in [-0.1, -0.05) is 24.3 Å². The summed E-state index contributed by atoms with van der Waals surface area (Å²) in [7, 11) is -4.38. The average molecular weight is 381 g/mol. The van der Waals surface area contributed by atoms with E-state index >= 15 is 0 Å². The molecule has 3 N–H and O–H groups in total. The molecule has 0 saturated carbocycles. The van der Waals surface area contributed by atoms with Crippen molar-refractivity contribution in [3.8, 4) is 0 Å². The van der Waals surface area contributed by atoms with Gasteiger partial charge in [-0.25, -0.2) is 4.18 Å². The van der Waals surface area contributed by atoms with Gasteiger partial charge in [-0.15, -0.1) is 11.8 Å². The highest BCUT2D eigenvalue weighted by molar-refractivity contribution is 8.03. The molecule has 0 aromatic heterocycles. The second-order valence-corrected chi connectivity index (χ2v) is 7.42. The maximum absolute atomic E-state index is 10.5. The molecule has 0 amide bonds. The van der Waals surface area contributed by atoms with Crippen molar-refractivity contribution in [2.75, 3.05) is 18.1 Å². The van der Waals surface area contributed by atoms with Crippen LogP contribution >= 0.6 is 11.8 Å². The van der Waals surface area contributed by atoms with Gasteiger partial charge in [0.05, 0.1) is 12.3 Å². The number of benzene rings is 1. The third kappa shape index (κ3) is 7.22. The van der Waals surface area contributed by atoms with Gasteiger partial charge in [0.1, 0.15) is 6.04 Å². The van der Waals surface area contributed by atoms with Crippen LogP contribution in [0.25, 0.3) is 0 Å². The molecule has 1 aliphatic rings. The molecule has 0 bridgehead atoms. The van der Waals surface area contributed by atoms with Crippen molar-refractivity contribution in [1.29, 1.82) is 0 Å². The second-order valence-electron chi connectivity index (χ2n) is 5.16. The summed E-state index contributed by atoms with van der Waals surface area (Å²) in [5.74, 6) is 0.390. The number of allylic oxidation sites excluding steroid dienone is 3. The Hall–Kier alpha value is -1.94. The van der Waals surface area contributed by atoms with Crippen molar-refractivity contribution in [2.45, 2.75) is 13.0 Å². The minimum absolute atomic E-state index is 0.0993. The molecular formula is C16H19N3O4S2. The van der Waals surface area contributed by atoms with E-state index in [2.05, 4.69) is 14.4 Å². The molecule has 2 rings (SSSR count). The zero-order chi connectivity index (χ0) is 18.3. The molecule has 1 aromatic rings. The minimum atomic E-state index is -4.38. The van der Waals surface area contributed by atoms with Crippen molar-refractivity contribution in [2.24, 2.45) is 10.2 Å². The number of anilines is 1. The molecule has 1 aliphatic carbocycles. The number of thioether (sulfide) groups is 1. The maximum atomic E-state index is 10.5. The Kier molecular flexibility index (Phi) is 6.94. The molecular weight excluding hydrogens is 362 g/mol. The van der Waals surface area contributed by atoms with Crippen LogP contribution < -0.4 is 5.73 Å². The number of aryl methyl sites for hydroxylation is 1. The predicted octanol–water partition coefficient (Wildman–Crippen LogP) is 3.59. The minimum Gasteiger partial charge on any atom is -0.399 e. The molecule has 0 aliphatic heterocycles. The van der Waals surface area contributed by atoms with Gasteiger partial charge in [-0.2, -0.15) is 18.6 Å². The smallest absolute Gasteiger partial charge is 0.397 e. The van der Waals surface area contributed by atoms with Crippen LogP contribution in [0.3, 0.4) is 0 Å². The van der Waals surface area contributed by atoms with E-state index < -0.39 is 10.4 Å². The number of nitrogen functional groups attached to an aromatic ring is 1. The number of azo groups is 1. The summed E-state index contributed by atoms with van der Waals surface area (Å²) in [6, 6.07) is 5.26. The van der Waals surface area contributed by atoms with Crippen molar-refractivity contribution in [3.63, 3.8) is 0 Å². The predicted molar refractivity (Wildman–Crippen MR) is 100 cm³/mol. The first-order chi connectivity index (χ1) is 11.8. The van der Waals surface area contributed by atoms with E-state index in [1.807, 2.05) is 49.4 Å². The van der Waals surface area contributed by atoms with Crippen LogP contribution in [0.15, 0.2) is 63.7 Å². The summed E-state index contributed by atoms with van der Waals surface area (Å²) < 4.78 is 33.7. The Balaban J connectivity index is 1.89. The average Bonchev–Trinajstić information content (AvgIpc) is 2.75. The molecule has 7 nitrogen and oxygen atoms in total. The quantitative estimate of drug-likeness (QED) is 0.323. The highest BCUT2D eigenvalue weighted by Crippen LogP contribution is 2.23. The lowest BCUT2D eigenvalue weighted by atomic mass is 10.2. The monoisotopic (exact) mass is 381 g/mol. The molecule has 0 heterocycles. The molecule has 134 valence electrons. The second kappa shape index (κ2) is 8.95. The van der Waals surface area contributed by atoms with E-state index in [0.717, 1.165) is 16.2 Å². The van der Waals surface area contributed by atoms with E-state index in [1.165, 1.54) is 11.8 Å². The zero-order valence-electron chi connectivity index (χ0n) is 13.6. The van der Waals surface area contributed by atoms with Crippen molar-refractivity contribution in [3.05, 3.63) is 59.0 Å². The number of hydrogen-bond donors (Lipinski definition) is 2. The summed E-state index contributed by atoms with van der Waals surface area (Å²) in [5, 5.41) is 8.56. The molecule has 9 heteroatoms. The van der Waals surface area contributed by atoms with Gasteiger partial charge >= 0.3 is 10.4 Å². The largest absolute Gasteiger partial charge is 0.399 e. The normalized spacial score (nSPS) is 17.7. The summed E-state index contributed by atoms with van der Waals surface area (Å²) in [6.07, 6.45) is 9.43. The maximum Gasteiger partial charge on any atom is 0.397 e. The van der Waals surface area contributed by atoms with Crippen LogP contribution in [0.4, 0.5) is 11.4 Å². The summed E-state index contributed by atoms with van der Waals surface area (Å²) >= 11 is 1.41. The third-order valence-electron chi connectivity index (χ3n) is 3.13. The van der Waals surface area contributed by atoms with Crippen LogP contribution in [0.2, 0.25) is 0 Å². The Morgan fingerprint density at radius 2 is 2.16 bits per heavy atom. The highest BCUT2D eigenvalue weighted by Gasteiger charge is 2.06. The van der Waals surface area contributed by atoms with E-state index in [1.54, 1.807) is 6.07 Å². The fourth-order valence-corrected chi connectivity index (χ4v) is 3.12. The molecule has 0 saturated heterocycles. The summed E-state index contributed by atoms with van der Waals surface area (Å²) in [6.45, 7) is 1.83. The van der Waals surface area contributed by atoms with E-state index in [9.17, 15) is 8.42 Å². The Bertz CT molecular complexity index is 830. The van der Waals surface area contributed by atoms with E-state index in [-0.39, 0.29) is 12.6 Å². The van der Waals surface area contributed by atoms with Gasteiger partial charge in [0.25, 0.3) is 0 Å². The summed E-state index contributed by atoms with van der Waals surface area (Å²) in [4.78, 5) is 0.927. The lowest BCUT2D eigenvalue weighted by molar-refractivity contribution is 0.285. The Labute approximate surface area is 151 Å². The molecule has 0 radical (unpaired) electrons. The van der Waals surface area contributed by atoms with Crippen molar-refractivity contribution in [1.82, 2.24) is 0 Å². The molecule has 1 aromatic carbocycles. The van der Waals surface area contributed by atoms with Crippen LogP contribution in [0.1, 0.15) is 5.56 Å². The van der Waals surface area contributed by atoms with Crippen molar-refractivity contribution < 1.29 is 17.2 Å². The lowest BCUT2D eigenvalue weighted by Crippen LogP contribution is -2.06. The zero-order valence-corrected chi connectivity index (χ0v) is 15.2. The Morgan fingerprint density at radius 1 is 1.36 bits per heavy atom. The number of rotatable bonds is 7. The van der Waals surface area contributed by atoms with Crippen LogP contribution in [0.5, 0.6) is 0 Å². The van der Waals surface area contributed by atoms with Gasteiger partial charge < -0.3 is 5.73 Å².